The highest BCUT2D eigenvalue weighted by Crippen LogP contribution is 2.43. The number of carbonyl (C=O) groups excluding carboxylic acids is 2. The molecule has 0 radical (unpaired) electrons. The zero-order valence-corrected chi connectivity index (χ0v) is 20.1. The van der Waals surface area contributed by atoms with Crippen molar-refractivity contribution >= 4 is 28.4 Å². The highest BCUT2D eigenvalue weighted by molar-refractivity contribution is 5.97. The van der Waals surface area contributed by atoms with Crippen LogP contribution in [0.3, 0.4) is 0 Å². The number of nitro groups is 1. The van der Waals surface area contributed by atoms with E-state index in [1.807, 2.05) is 48.5 Å². The van der Waals surface area contributed by atoms with Crippen molar-refractivity contribution < 1.29 is 19.2 Å². The number of hydrogen-bond donors (Lipinski definition) is 1. The Morgan fingerprint density at radius 3 is 2.46 bits per heavy atom. The number of aromatic amines is 1. The number of non-ortho nitro benzene ring substituents is 1. The summed E-state index contributed by atoms with van der Waals surface area (Å²) in [5, 5.41) is 12.2. The van der Waals surface area contributed by atoms with E-state index in [0.717, 1.165) is 33.5 Å². The van der Waals surface area contributed by atoms with Gasteiger partial charge in [-0.3, -0.25) is 19.7 Å². The number of nitrogens with zero attached hydrogens (tertiary/aromatic N) is 3. The zero-order chi connectivity index (χ0) is 25.7. The van der Waals surface area contributed by atoms with Crippen LogP contribution in [0, 0.1) is 10.1 Å². The number of nitrogens with one attached hydrogen (secondary N) is 1. The van der Waals surface area contributed by atoms with E-state index in [2.05, 4.69) is 4.98 Å². The molecule has 1 fully saturated rings. The average molecular weight is 497 g/mol. The summed E-state index contributed by atoms with van der Waals surface area (Å²) in [4.78, 5) is 45.0. The molecule has 4 aromatic rings. The van der Waals surface area contributed by atoms with Gasteiger partial charge in [0, 0.05) is 41.7 Å². The molecule has 3 aromatic carbocycles. The summed E-state index contributed by atoms with van der Waals surface area (Å²) in [6, 6.07) is 20.3. The molecule has 1 N–H and O–H groups in total. The largest absolute Gasteiger partial charge is 0.497 e. The summed E-state index contributed by atoms with van der Waals surface area (Å²) < 4.78 is 5.22. The van der Waals surface area contributed by atoms with Gasteiger partial charge in [-0.1, -0.05) is 30.3 Å². The Balaban J connectivity index is 1.41. The maximum absolute atomic E-state index is 13.8. The maximum atomic E-state index is 13.8. The molecule has 37 heavy (non-hydrogen) atoms. The molecule has 6 rings (SSSR count). The highest BCUT2D eigenvalue weighted by Gasteiger charge is 2.48. The molecule has 186 valence electrons. The van der Waals surface area contributed by atoms with Crippen LogP contribution < -0.4 is 4.74 Å². The van der Waals surface area contributed by atoms with Crippen molar-refractivity contribution in [3.63, 3.8) is 0 Å². The topological polar surface area (TPSA) is 109 Å². The number of amides is 2. The Morgan fingerprint density at radius 1 is 1.03 bits per heavy atom. The van der Waals surface area contributed by atoms with Gasteiger partial charge in [0.1, 0.15) is 18.3 Å². The lowest BCUT2D eigenvalue weighted by atomic mass is 9.86. The van der Waals surface area contributed by atoms with Crippen molar-refractivity contribution in [3.05, 3.63) is 105 Å². The molecule has 0 unspecified atom stereocenters. The van der Waals surface area contributed by atoms with Gasteiger partial charge >= 0.3 is 0 Å². The first-order valence-electron chi connectivity index (χ1n) is 12.0. The van der Waals surface area contributed by atoms with Crippen molar-refractivity contribution in [1.82, 2.24) is 14.8 Å². The fourth-order valence-corrected chi connectivity index (χ4v) is 5.53. The predicted octanol–water partition coefficient (Wildman–Crippen LogP) is 3.97. The molecule has 9 nitrogen and oxygen atoms in total. The summed E-state index contributed by atoms with van der Waals surface area (Å²) in [7, 11) is 1.60. The van der Waals surface area contributed by atoms with Crippen molar-refractivity contribution in [2.75, 3.05) is 13.7 Å². The summed E-state index contributed by atoms with van der Waals surface area (Å²) in [6.45, 7) is 0.280. The van der Waals surface area contributed by atoms with Gasteiger partial charge in [-0.05, 0) is 47.0 Å². The minimum atomic E-state index is -0.675. The normalized spacial score (nSPS) is 19.1. The smallest absolute Gasteiger partial charge is 0.269 e. The Labute approximate surface area is 212 Å². The fourth-order valence-electron chi connectivity index (χ4n) is 5.53. The molecule has 0 aliphatic carbocycles. The van der Waals surface area contributed by atoms with Gasteiger partial charge in [0.2, 0.25) is 11.8 Å². The third-order valence-electron chi connectivity index (χ3n) is 7.29. The molecule has 2 atom stereocenters. The number of hydrogen-bond acceptors (Lipinski definition) is 5. The minimum absolute atomic E-state index is 0.0281. The van der Waals surface area contributed by atoms with E-state index in [1.54, 1.807) is 29.0 Å². The molecule has 0 bridgehead atoms. The number of aromatic nitrogens is 1. The van der Waals surface area contributed by atoms with E-state index >= 15 is 0 Å². The Kier molecular flexibility index (Phi) is 5.40. The average Bonchev–Trinajstić information content (AvgIpc) is 3.29. The first-order valence-corrected chi connectivity index (χ1v) is 12.0. The van der Waals surface area contributed by atoms with Crippen LogP contribution in [0.15, 0.2) is 72.8 Å². The molecule has 0 saturated carbocycles. The second kappa shape index (κ2) is 8.77. The number of methoxy groups -OCH3 is 1. The van der Waals surface area contributed by atoms with Gasteiger partial charge in [0.15, 0.2) is 0 Å². The first kappa shape index (κ1) is 22.8. The number of ether oxygens (including phenoxy) is 1. The molecule has 1 saturated heterocycles. The lowest BCUT2D eigenvalue weighted by Crippen LogP contribution is -2.62. The van der Waals surface area contributed by atoms with Crippen molar-refractivity contribution in [2.24, 2.45) is 0 Å². The van der Waals surface area contributed by atoms with Crippen LogP contribution >= 0.6 is 0 Å². The van der Waals surface area contributed by atoms with Crippen LogP contribution in [0.2, 0.25) is 0 Å². The van der Waals surface area contributed by atoms with E-state index in [9.17, 15) is 19.7 Å². The summed E-state index contributed by atoms with van der Waals surface area (Å²) >= 11 is 0. The first-order chi connectivity index (χ1) is 17.9. The number of para-hydroxylation sites is 1. The molecule has 2 aliphatic heterocycles. The molecule has 1 aromatic heterocycles. The quantitative estimate of drug-likeness (QED) is 0.332. The standard InChI is InChI=1S/C28H24N4O5/c1-37-20-12-6-17(7-13-20)15-30-16-25(33)31-24(28(30)34)14-22-21-4-2-3-5-23(21)29-26(22)27(31)18-8-10-19(11-9-18)32(35)36/h2-13,24,27,29H,14-16H2,1H3/t24-,27-/m0/s1. The summed E-state index contributed by atoms with van der Waals surface area (Å²) in [5.74, 6) is 0.449. The van der Waals surface area contributed by atoms with Gasteiger partial charge < -0.3 is 19.5 Å². The minimum Gasteiger partial charge on any atom is -0.497 e. The van der Waals surface area contributed by atoms with Crippen LogP contribution in [0.4, 0.5) is 5.69 Å². The second-order valence-electron chi connectivity index (χ2n) is 9.38. The van der Waals surface area contributed by atoms with Gasteiger partial charge in [0.25, 0.3) is 5.69 Å². The predicted molar refractivity (Wildman–Crippen MR) is 136 cm³/mol. The van der Waals surface area contributed by atoms with Crippen LogP contribution in [-0.2, 0) is 22.6 Å². The highest BCUT2D eigenvalue weighted by atomic mass is 16.6. The van der Waals surface area contributed by atoms with Gasteiger partial charge in [-0.25, -0.2) is 0 Å². The zero-order valence-electron chi connectivity index (χ0n) is 20.1. The lowest BCUT2D eigenvalue weighted by Gasteiger charge is -2.47. The lowest BCUT2D eigenvalue weighted by molar-refractivity contribution is -0.384. The number of H-pyrrole nitrogens is 1. The van der Waals surface area contributed by atoms with Crippen molar-refractivity contribution in [1.29, 1.82) is 0 Å². The number of rotatable bonds is 5. The fraction of sp³-hybridized carbons (Fsp3) is 0.214. The molecule has 9 heteroatoms. The summed E-state index contributed by atoms with van der Waals surface area (Å²) in [6.07, 6.45) is 0.395. The van der Waals surface area contributed by atoms with Crippen molar-refractivity contribution in [3.8, 4) is 5.75 Å². The van der Waals surface area contributed by atoms with E-state index in [0.29, 0.717) is 18.5 Å². The molecule has 3 heterocycles. The number of nitro benzene ring substituents is 1. The Hall–Kier alpha value is -4.66. The van der Waals surface area contributed by atoms with Crippen LogP contribution in [0.5, 0.6) is 5.75 Å². The van der Waals surface area contributed by atoms with Crippen LogP contribution in [-0.4, -0.2) is 51.2 Å². The van der Waals surface area contributed by atoms with Gasteiger partial charge in [-0.2, -0.15) is 0 Å². The van der Waals surface area contributed by atoms with Gasteiger partial charge in [-0.15, -0.1) is 0 Å². The van der Waals surface area contributed by atoms with Gasteiger partial charge in [0.05, 0.1) is 18.1 Å². The van der Waals surface area contributed by atoms with E-state index < -0.39 is 17.0 Å². The molecule has 0 spiro atoms. The van der Waals surface area contributed by atoms with E-state index in [4.69, 9.17) is 4.74 Å². The van der Waals surface area contributed by atoms with E-state index in [1.165, 1.54) is 12.1 Å². The Morgan fingerprint density at radius 2 is 1.76 bits per heavy atom. The summed E-state index contributed by atoms with van der Waals surface area (Å²) in [5.41, 5.74) is 4.36. The van der Waals surface area contributed by atoms with E-state index in [-0.39, 0.29) is 24.0 Å². The Bertz CT molecular complexity index is 1530. The van der Waals surface area contributed by atoms with Crippen LogP contribution in [0.1, 0.15) is 28.4 Å². The van der Waals surface area contributed by atoms with Crippen molar-refractivity contribution in [2.45, 2.75) is 25.0 Å². The third-order valence-corrected chi connectivity index (χ3v) is 7.29. The number of benzene rings is 3. The molecular formula is C28H24N4O5. The third kappa shape index (κ3) is 3.79. The number of carbonyl (C=O) groups is 2. The monoisotopic (exact) mass is 496 g/mol. The maximum Gasteiger partial charge on any atom is 0.269 e. The second-order valence-corrected chi connectivity index (χ2v) is 9.38. The SMILES string of the molecule is COc1ccc(CN2CC(=O)N3[C@@H](c4ccc([N+](=O)[O-])cc4)c4[nH]c5ccccc5c4C[C@H]3C2=O)cc1. The number of fused-ring (bicyclic) bond motifs is 4. The molecular weight excluding hydrogens is 472 g/mol. The molecule has 2 amide bonds. The molecule has 2 aliphatic rings. The number of piperazine rings is 1. The van der Waals surface area contributed by atoms with Crippen LogP contribution in [0.25, 0.3) is 10.9 Å².